The number of fused-ring (bicyclic) bond motifs is 1. The topological polar surface area (TPSA) is 68.2 Å². The van der Waals surface area contributed by atoms with Crippen molar-refractivity contribution in [3.05, 3.63) is 0 Å². The molecule has 2 N–H and O–H groups in total. The van der Waals surface area contributed by atoms with Crippen molar-refractivity contribution >= 4 is 0 Å². The van der Waals surface area contributed by atoms with Crippen molar-refractivity contribution in [3.8, 4) is 0 Å². The third kappa shape index (κ3) is 1.40. The van der Waals surface area contributed by atoms with Crippen LogP contribution in [0.25, 0.3) is 0 Å². The molecule has 3 aliphatic heterocycles. The lowest BCUT2D eigenvalue weighted by Gasteiger charge is -2.58. The lowest BCUT2D eigenvalue weighted by molar-refractivity contribution is -0.330. The molecule has 0 aromatic carbocycles. The van der Waals surface area contributed by atoms with Gasteiger partial charge in [-0.2, -0.15) is 0 Å². The molecule has 114 valence electrons. The van der Waals surface area contributed by atoms with Crippen LogP contribution in [0.2, 0.25) is 0 Å². The average molecular weight is 284 g/mol. The second-order valence-corrected chi connectivity index (χ2v) is 7.33. The molecule has 1 saturated carbocycles. The van der Waals surface area contributed by atoms with Crippen molar-refractivity contribution < 1.29 is 24.4 Å². The van der Waals surface area contributed by atoms with Gasteiger partial charge in [0.1, 0.15) is 11.7 Å². The van der Waals surface area contributed by atoms with Crippen LogP contribution < -0.4 is 0 Å². The van der Waals surface area contributed by atoms with Crippen molar-refractivity contribution in [1.82, 2.24) is 0 Å². The Morgan fingerprint density at radius 2 is 1.85 bits per heavy atom. The van der Waals surface area contributed by atoms with Crippen LogP contribution in [0.15, 0.2) is 0 Å². The van der Waals surface area contributed by atoms with Gasteiger partial charge >= 0.3 is 0 Å². The normalized spacial score (nSPS) is 65.0. The summed E-state index contributed by atoms with van der Waals surface area (Å²) < 4.78 is 18.0. The Balaban J connectivity index is 1.83. The van der Waals surface area contributed by atoms with E-state index in [0.29, 0.717) is 12.3 Å². The molecule has 3 heterocycles. The van der Waals surface area contributed by atoms with Crippen molar-refractivity contribution in [3.63, 3.8) is 0 Å². The number of hydrogen-bond acceptors (Lipinski definition) is 5. The average Bonchev–Trinajstić information content (AvgIpc) is 2.64. The molecule has 0 radical (unpaired) electrons. The molecule has 0 unspecified atom stereocenters. The number of aliphatic hydroxyl groups is 2. The molecule has 9 atom stereocenters. The third-order valence-corrected chi connectivity index (χ3v) is 6.30. The first-order chi connectivity index (χ1) is 9.38. The maximum atomic E-state index is 10.4. The molecule has 20 heavy (non-hydrogen) atoms. The number of hydrogen-bond donors (Lipinski definition) is 2. The summed E-state index contributed by atoms with van der Waals surface area (Å²) in [6.07, 6.45) is 0.804. The summed E-state index contributed by atoms with van der Waals surface area (Å²) in [4.78, 5) is 0. The highest BCUT2D eigenvalue weighted by molar-refractivity contribution is 5.14. The quantitative estimate of drug-likeness (QED) is 0.700. The highest BCUT2D eigenvalue weighted by atomic mass is 16.9. The van der Waals surface area contributed by atoms with Crippen LogP contribution >= 0.6 is 0 Å². The maximum absolute atomic E-state index is 10.4. The Bertz CT molecular complexity index is 424. The summed E-state index contributed by atoms with van der Waals surface area (Å²) in [5, 5.41) is 20.5. The Labute approximate surface area is 119 Å². The molecule has 1 spiro atoms. The number of rotatable bonds is 0. The lowest BCUT2D eigenvalue weighted by Crippen LogP contribution is -2.67. The summed E-state index contributed by atoms with van der Waals surface area (Å²) in [7, 11) is 0. The summed E-state index contributed by atoms with van der Waals surface area (Å²) in [5.41, 5.74) is -0.496. The van der Waals surface area contributed by atoms with E-state index in [-0.39, 0.29) is 17.8 Å². The van der Waals surface area contributed by atoms with E-state index in [9.17, 15) is 10.2 Å². The smallest absolute Gasteiger partial charge is 0.195 e. The molecule has 1 aliphatic carbocycles. The van der Waals surface area contributed by atoms with Gasteiger partial charge in [-0.15, -0.1) is 0 Å². The molecule has 0 amide bonds. The van der Waals surface area contributed by atoms with Gasteiger partial charge in [-0.25, -0.2) is 0 Å². The van der Waals surface area contributed by atoms with Gasteiger partial charge in [-0.05, 0) is 38.0 Å². The zero-order valence-corrected chi connectivity index (χ0v) is 12.3. The second kappa shape index (κ2) is 3.96. The van der Waals surface area contributed by atoms with Crippen LogP contribution in [-0.2, 0) is 14.2 Å². The Kier molecular flexibility index (Phi) is 2.66. The molecular formula is C15H24O5. The van der Waals surface area contributed by atoms with E-state index in [0.717, 1.165) is 12.8 Å². The molecule has 0 aromatic heterocycles. The minimum Gasteiger partial charge on any atom is -0.388 e. The monoisotopic (exact) mass is 284 g/mol. The van der Waals surface area contributed by atoms with E-state index in [1.165, 1.54) is 0 Å². The van der Waals surface area contributed by atoms with Crippen molar-refractivity contribution in [1.29, 1.82) is 0 Å². The predicted octanol–water partition coefficient (Wildman–Crippen LogP) is 1.23. The van der Waals surface area contributed by atoms with Gasteiger partial charge in [0.15, 0.2) is 18.4 Å². The van der Waals surface area contributed by atoms with Crippen LogP contribution in [0.1, 0.15) is 40.0 Å². The third-order valence-electron chi connectivity index (χ3n) is 6.30. The lowest BCUT2D eigenvalue weighted by atomic mass is 9.57. The van der Waals surface area contributed by atoms with E-state index >= 15 is 0 Å². The predicted molar refractivity (Wildman–Crippen MR) is 69.4 cm³/mol. The van der Waals surface area contributed by atoms with E-state index in [2.05, 4.69) is 6.92 Å². The fraction of sp³-hybridized carbons (Fsp3) is 1.00. The summed E-state index contributed by atoms with van der Waals surface area (Å²) in [5.74, 6) is -0.0399. The summed E-state index contributed by atoms with van der Waals surface area (Å²) in [6, 6.07) is 0. The van der Waals surface area contributed by atoms with Gasteiger partial charge < -0.3 is 24.4 Å². The highest BCUT2D eigenvalue weighted by Gasteiger charge is 2.73. The summed E-state index contributed by atoms with van der Waals surface area (Å²) in [6.45, 7) is 6.04. The molecule has 4 aliphatic rings. The zero-order valence-electron chi connectivity index (χ0n) is 12.3. The zero-order chi connectivity index (χ0) is 14.3. The van der Waals surface area contributed by atoms with E-state index in [1.807, 2.05) is 6.92 Å². The molecule has 2 bridgehead atoms. The largest absolute Gasteiger partial charge is 0.388 e. The number of ether oxygens (including phenoxy) is 3. The van der Waals surface area contributed by atoms with Gasteiger partial charge in [0.05, 0.1) is 0 Å². The first-order valence-corrected chi connectivity index (χ1v) is 7.78. The highest BCUT2D eigenvalue weighted by Crippen LogP contribution is 2.63. The minimum atomic E-state index is -1.000. The van der Waals surface area contributed by atoms with Crippen LogP contribution in [0, 0.1) is 23.7 Å². The van der Waals surface area contributed by atoms with Gasteiger partial charge in [0, 0.05) is 11.8 Å². The SMILES string of the molecule is C[C@H]1[C@@H](O)O[C@@H]2O[C@@]3(C)O[C@]24[C@H]1CC[C@@H](C)[C@@H]4C[C@H]3O. The molecule has 4 rings (SSSR count). The molecule has 5 heteroatoms. The molecular weight excluding hydrogens is 260 g/mol. The molecule has 0 aromatic rings. The van der Waals surface area contributed by atoms with Crippen molar-refractivity contribution in [2.75, 3.05) is 0 Å². The molecule has 3 saturated heterocycles. The molecule has 4 fully saturated rings. The maximum Gasteiger partial charge on any atom is 0.195 e. The van der Waals surface area contributed by atoms with Crippen LogP contribution in [0.3, 0.4) is 0 Å². The van der Waals surface area contributed by atoms with Crippen molar-refractivity contribution in [2.45, 2.75) is 70.1 Å². The van der Waals surface area contributed by atoms with Gasteiger partial charge in [0.25, 0.3) is 0 Å². The van der Waals surface area contributed by atoms with Gasteiger partial charge in [-0.1, -0.05) is 13.8 Å². The van der Waals surface area contributed by atoms with E-state index in [1.54, 1.807) is 6.92 Å². The minimum absolute atomic E-state index is 0.0300. The van der Waals surface area contributed by atoms with Crippen LogP contribution in [0.4, 0.5) is 0 Å². The van der Waals surface area contributed by atoms with Crippen molar-refractivity contribution in [2.24, 2.45) is 23.7 Å². The van der Waals surface area contributed by atoms with Crippen LogP contribution in [0.5, 0.6) is 0 Å². The Hall–Kier alpha value is -0.200. The standard InChI is InChI=1S/C15H24O5/c1-7-4-5-9-8(2)12(17)18-13-15(9)10(7)6-11(16)14(3,19-13)20-15/h7-13,16-17H,4-6H2,1-3H3/t7-,8-,9+,10+,11-,12+,13-,14+,15+/m1/s1. The molecule has 5 nitrogen and oxygen atoms in total. The Morgan fingerprint density at radius 3 is 2.60 bits per heavy atom. The van der Waals surface area contributed by atoms with E-state index < -0.39 is 30.1 Å². The van der Waals surface area contributed by atoms with Crippen LogP contribution in [-0.4, -0.2) is 40.3 Å². The second-order valence-electron chi connectivity index (χ2n) is 7.33. The first-order valence-electron chi connectivity index (χ1n) is 7.78. The fourth-order valence-corrected chi connectivity index (χ4v) is 5.09. The number of aliphatic hydroxyl groups excluding tert-OH is 2. The first kappa shape index (κ1) is 13.5. The fourth-order valence-electron chi connectivity index (χ4n) is 5.09. The van der Waals surface area contributed by atoms with Gasteiger partial charge in [0.2, 0.25) is 0 Å². The van der Waals surface area contributed by atoms with E-state index in [4.69, 9.17) is 14.2 Å². The van der Waals surface area contributed by atoms with Gasteiger partial charge in [-0.3, -0.25) is 0 Å². The summed E-state index contributed by atoms with van der Waals surface area (Å²) >= 11 is 0. The Morgan fingerprint density at radius 1 is 1.10 bits per heavy atom.